The molecule has 0 saturated heterocycles. The molecule has 0 aliphatic carbocycles. The number of unbranched alkanes of at least 4 members (excludes halogenated alkanes) is 1. The zero-order valence-electron chi connectivity index (χ0n) is 78.7. The maximum atomic E-state index is 16.0. The van der Waals surface area contributed by atoms with E-state index >= 15 is 33.6 Å². The fourth-order valence-electron chi connectivity index (χ4n) is 17.4. The molecule has 0 radical (unpaired) electrons. The summed E-state index contributed by atoms with van der Waals surface area (Å²) in [6, 6.07) is 38.0. The summed E-state index contributed by atoms with van der Waals surface area (Å²) >= 11 is 0. The van der Waals surface area contributed by atoms with Crippen molar-refractivity contribution in [1.82, 2.24) is 99.4 Å². The molecule has 13 rings (SSSR count). The highest BCUT2D eigenvalue weighted by molar-refractivity contribution is 6.02. The van der Waals surface area contributed by atoms with Gasteiger partial charge in [0, 0.05) is 168 Å². The molecule has 1 aliphatic rings. The van der Waals surface area contributed by atoms with Gasteiger partial charge in [0.15, 0.2) is 17.9 Å². The van der Waals surface area contributed by atoms with Crippen LogP contribution in [0.25, 0.3) is 54.5 Å². The first-order valence-corrected chi connectivity index (χ1v) is 47.3. The van der Waals surface area contributed by atoms with Gasteiger partial charge in [-0.3, -0.25) is 78.6 Å². The zero-order valence-corrected chi connectivity index (χ0v) is 78.7. The topological polar surface area (TPSA) is 674 Å². The number of benzene rings is 7. The van der Waals surface area contributed by atoms with Crippen LogP contribution >= 0.6 is 0 Å². The van der Waals surface area contributed by atoms with Crippen LogP contribution in [0, 0.1) is 28.1 Å². The number of hydrogen-bond acceptors (Lipinski definition) is 17. The molecule has 143 heavy (non-hydrogen) atoms. The molecule has 32 N–H and O–H groups in total. The van der Waals surface area contributed by atoms with E-state index in [1.165, 1.54) is 0 Å². The molecule has 12 aromatic rings. The molecule has 13 amide bonds. The van der Waals surface area contributed by atoms with E-state index in [-0.39, 0.29) is 147 Å². The fourth-order valence-corrected chi connectivity index (χ4v) is 17.4. The fraction of sp³-hybridized carbons (Fsp3) is 0.314. The Morgan fingerprint density at radius 3 is 1.02 bits per heavy atom. The van der Waals surface area contributed by atoms with Crippen molar-refractivity contribution in [3.63, 3.8) is 0 Å². The number of amides is 13. The summed E-state index contributed by atoms with van der Waals surface area (Å²) in [5, 5.41) is 65.4. The Kier molecular flexibility index (Phi) is 36.3. The molecule has 1 aliphatic heterocycles. The van der Waals surface area contributed by atoms with Gasteiger partial charge in [0.05, 0.1) is 25.3 Å². The highest BCUT2D eigenvalue weighted by atomic mass is 16.2. The molecule has 746 valence electrons. The van der Waals surface area contributed by atoms with Crippen molar-refractivity contribution in [1.29, 1.82) is 16.2 Å². The number of carbonyl (C=O) groups is 13. The first kappa shape index (κ1) is 103. The summed E-state index contributed by atoms with van der Waals surface area (Å²) in [6.45, 7) is -0.992. The van der Waals surface area contributed by atoms with Crippen LogP contribution in [-0.4, -0.2) is 213 Å². The zero-order chi connectivity index (χ0) is 101. The van der Waals surface area contributed by atoms with Gasteiger partial charge in [0.1, 0.15) is 54.4 Å². The first-order chi connectivity index (χ1) is 69.1. The monoisotopic (exact) mass is 1940 g/mol. The lowest BCUT2D eigenvalue weighted by Gasteiger charge is -2.27. The lowest BCUT2D eigenvalue weighted by Crippen LogP contribution is -2.60. The summed E-state index contributed by atoms with van der Waals surface area (Å²) in [4.78, 5) is 209. The van der Waals surface area contributed by atoms with Gasteiger partial charge in [-0.05, 0) is 140 Å². The van der Waals surface area contributed by atoms with Crippen LogP contribution in [0.4, 0.5) is 5.69 Å². The summed E-state index contributed by atoms with van der Waals surface area (Å²) in [6.07, 6.45) is 7.30. The van der Waals surface area contributed by atoms with Crippen LogP contribution in [0.15, 0.2) is 201 Å². The van der Waals surface area contributed by atoms with Crippen LogP contribution in [0.1, 0.15) is 115 Å². The Labute approximate surface area is 822 Å². The number of hydrogen-bond donors (Lipinski definition) is 27. The van der Waals surface area contributed by atoms with E-state index in [1.807, 2.05) is 127 Å². The number of nitrogens with one attached hydrogen (secondary N) is 22. The van der Waals surface area contributed by atoms with Crippen molar-refractivity contribution < 1.29 is 62.3 Å². The number of aromatic nitrogens is 5. The smallest absolute Gasteiger partial charge is 0.243 e. The number of H-pyrrole nitrogens is 5. The number of fused-ring (bicyclic) bond motifs is 7. The summed E-state index contributed by atoms with van der Waals surface area (Å²) in [7, 11) is 0. The third-order valence-electron chi connectivity index (χ3n) is 24.8. The molecule has 6 heterocycles. The molecule has 0 saturated carbocycles. The quantitative estimate of drug-likeness (QED) is 0.0113. The molecule has 9 atom stereocenters. The van der Waals surface area contributed by atoms with Crippen molar-refractivity contribution in [3.8, 4) is 11.8 Å². The molecular weight excluding hydrogens is 1830 g/mol. The standard InChI is InChI=1S/C102H120N28O13/c103-51-88(132)121-78(35-18-44-113-101(107)108)93(137)125-80(36-19-45-114-102(109)110)95(139)124-79(33-15-16-42-111-87(131)40-41-90(134)130-58-61-22-2-1-20-59(61)38-39-60-21-3-14-37-86(60)130)94(138)123-77(34-17-43-112-100(105)106)92(136)120-57-89(133)122-82(47-63-53-116-73-29-10-5-24-68(63)73)96(140)127-84(49-65-55-118-75-31-12-7-26-70(65)75)98(142)129-85(50-66-56-119-76-32-13-8-27-71(66)76)99(143)128-83(48-64-54-117-74-30-11-6-25-69(64)74)97(141)126-81(91(104)135)46-62-52-115-72-28-9-4-23-67(62)72/h1-14,20-32,37,52-56,77-85,115-119H,15-19,33-36,40-51,57-58,103H2,(H2,104,135)(H,111,131)(H,120,136)(H,121,132)(H,122,133)(H,123,138)(H,124,139)(H,125,137)(H,126,141)(H,127,140)(H,128,143)(H,129,142)(H4,105,106,112)(H4,107,108,113)(H4,109,110,114)/t77-,78-,79-,80-,81-,82-,83-,84-,85-/m0/s1. The lowest BCUT2D eigenvalue weighted by atomic mass is 9.99. The molecule has 0 bridgehead atoms. The Morgan fingerprint density at radius 1 is 0.315 bits per heavy atom. The summed E-state index contributed by atoms with van der Waals surface area (Å²) in [5.41, 5.74) is 37.9. The van der Waals surface area contributed by atoms with Crippen LogP contribution in [0.2, 0.25) is 0 Å². The summed E-state index contributed by atoms with van der Waals surface area (Å²) < 4.78 is 0. The Bertz CT molecular complexity index is 6720. The van der Waals surface area contributed by atoms with Crippen molar-refractivity contribution >= 4 is 155 Å². The largest absolute Gasteiger partial charge is 0.370 e. The first-order valence-electron chi connectivity index (χ1n) is 47.3. The van der Waals surface area contributed by atoms with Gasteiger partial charge in [-0.1, -0.05) is 133 Å². The second kappa shape index (κ2) is 50.3. The number of carbonyl (C=O) groups excluding carboxylic acids is 13. The third-order valence-corrected chi connectivity index (χ3v) is 24.8. The molecule has 0 spiro atoms. The third kappa shape index (κ3) is 28.9. The van der Waals surface area contributed by atoms with Gasteiger partial charge in [0.25, 0.3) is 0 Å². The number of guanidine groups is 3. The lowest BCUT2D eigenvalue weighted by molar-refractivity contribution is -0.135. The van der Waals surface area contributed by atoms with E-state index in [9.17, 15) is 28.8 Å². The number of nitrogens with two attached hydrogens (primary N) is 5. The van der Waals surface area contributed by atoms with E-state index in [2.05, 4.69) is 111 Å². The maximum absolute atomic E-state index is 16.0. The van der Waals surface area contributed by atoms with Gasteiger partial charge >= 0.3 is 0 Å². The number of nitrogens with zero attached hydrogens (tertiary/aromatic N) is 1. The molecule has 0 fully saturated rings. The normalized spacial score (nSPS) is 13.4. The maximum Gasteiger partial charge on any atom is 0.243 e. The van der Waals surface area contributed by atoms with Gasteiger partial charge in [0.2, 0.25) is 76.8 Å². The molecule has 41 heteroatoms. The van der Waals surface area contributed by atoms with E-state index in [1.54, 1.807) is 78.3 Å². The number of primary amides is 1. The van der Waals surface area contributed by atoms with E-state index in [0.717, 1.165) is 32.9 Å². The number of aromatic amines is 5. The number of para-hydroxylation sites is 6. The van der Waals surface area contributed by atoms with E-state index < -0.39 is 150 Å². The van der Waals surface area contributed by atoms with Crippen LogP contribution in [0.3, 0.4) is 0 Å². The SMILES string of the molecule is N=C(N)NCCC[C@H](NC(=O)CN)C(=O)N[C@@H](CCCNC(=N)N)C(=O)N[C@@H](CCCCNC(=O)CCC(=O)N1Cc2ccccc2C#Cc2ccccc21)C(=O)N[C@@H](CCCNC(=N)N)C(=O)NCC(=O)N[C@@H](Cc1c[nH]c2ccccc12)C(=O)N[C@@H](Cc1c[nH]c2ccccc12)C(=O)N[C@@H](Cc1c[nH]c2ccccc12)C(=O)N[C@@H](Cc1c[nH]c2ccccc12)C(=O)N[C@@H](Cc1c[nH]c2ccccc12)C(N)=O. The minimum Gasteiger partial charge on any atom is -0.370 e. The predicted octanol–water partition coefficient (Wildman–Crippen LogP) is 2.33. The minimum atomic E-state index is -1.57. The highest BCUT2D eigenvalue weighted by Gasteiger charge is 2.38. The van der Waals surface area contributed by atoms with Gasteiger partial charge in [-0.2, -0.15) is 0 Å². The van der Waals surface area contributed by atoms with Gasteiger partial charge in [-0.15, -0.1) is 0 Å². The second-order valence-corrected chi connectivity index (χ2v) is 35.0. The van der Waals surface area contributed by atoms with Crippen molar-refractivity contribution in [2.24, 2.45) is 28.7 Å². The molecule has 41 nitrogen and oxygen atoms in total. The molecule has 7 aromatic carbocycles. The van der Waals surface area contributed by atoms with Crippen LogP contribution in [-0.2, 0) is 101 Å². The minimum absolute atomic E-state index is 0.00692. The van der Waals surface area contributed by atoms with Crippen LogP contribution in [0.5, 0.6) is 0 Å². The van der Waals surface area contributed by atoms with E-state index in [4.69, 9.17) is 44.9 Å². The average molecular weight is 1950 g/mol. The Morgan fingerprint density at radius 2 is 0.622 bits per heavy atom. The Balaban J connectivity index is 0.753. The van der Waals surface area contributed by atoms with Crippen molar-refractivity contribution in [2.75, 3.05) is 44.2 Å². The van der Waals surface area contributed by atoms with Crippen molar-refractivity contribution in [3.05, 3.63) is 245 Å². The van der Waals surface area contributed by atoms with E-state index in [0.29, 0.717) is 71.8 Å². The van der Waals surface area contributed by atoms with Gasteiger partial charge in [-0.25, -0.2) is 0 Å². The Hall–Kier alpha value is -17.3. The van der Waals surface area contributed by atoms with Crippen molar-refractivity contribution in [2.45, 2.75) is 164 Å². The summed E-state index contributed by atoms with van der Waals surface area (Å²) in [5.74, 6) is -5.18. The predicted molar refractivity (Wildman–Crippen MR) is 542 cm³/mol. The van der Waals surface area contributed by atoms with Crippen LogP contribution < -0.4 is 108 Å². The number of anilines is 1. The highest BCUT2D eigenvalue weighted by Crippen LogP contribution is 2.30. The molecule has 0 unspecified atom stereocenters. The molecular formula is C102H120N28O13. The molecule has 5 aromatic heterocycles. The van der Waals surface area contributed by atoms with Gasteiger partial charge < -0.3 is 133 Å². The number of rotatable bonds is 51. The second-order valence-electron chi connectivity index (χ2n) is 35.0. The average Bonchev–Trinajstić information content (AvgIpc) is 1.68.